The van der Waals surface area contributed by atoms with Crippen LogP contribution in [0.5, 0.6) is 0 Å². The fourth-order valence-corrected chi connectivity index (χ4v) is 3.04. The lowest BCUT2D eigenvalue weighted by molar-refractivity contribution is 0.0942. The summed E-state index contributed by atoms with van der Waals surface area (Å²) in [5, 5.41) is 0. The van der Waals surface area contributed by atoms with E-state index < -0.39 is 0 Å². The van der Waals surface area contributed by atoms with Gasteiger partial charge in [0.1, 0.15) is 0 Å². The Morgan fingerprint density at radius 1 is 1.15 bits per heavy atom. The molecule has 0 amide bonds. The van der Waals surface area contributed by atoms with Gasteiger partial charge in [0.15, 0.2) is 5.78 Å². The number of likely N-dealkylation sites (N-methyl/N-ethyl adjacent to an activating group) is 1. The van der Waals surface area contributed by atoms with E-state index in [1.54, 1.807) is 0 Å². The molecule has 1 heterocycles. The second-order valence-electron chi connectivity index (χ2n) is 5.28. The van der Waals surface area contributed by atoms with Crippen molar-refractivity contribution in [2.75, 3.05) is 45.5 Å². The first-order chi connectivity index (χ1) is 9.69. The molecule has 110 valence electrons. The molecule has 3 nitrogen and oxygen atoms in total. The summed E-state index contributed by atoms with van der Waals surface area (Å²) in [5.41, 5.74) is 0.847. The van der Waals surface area contributed by atoms with Gasteiger partial charge in [0, 0.05) is 49.6 Å². The second-order valence-corrected chi connectivity index (χ2v) is 6.61. The third-order valence-corrected chi connectivity index (χ3v) is 4.63. The first kappa shape index (κ1) is 15.5. The van der Waals surface area contributed by atoms with Crippen molar-refractivity contribution in [3.05, 3.63) is 29.8 Å². The summed E-state index contributed by atoms with van der Waals surface area (Å²) >= 11 is 1.81. The molecule has 0 saturated carbocycles. The molecular formula is C16H24N2OS. The molecule has 1 aromatic carbocycles. The van der Waals surface area contributed by atoms with Crippen LogP contribution in [0.3, 0.4) is 0 Å². The summed E-state index contributed by atoms with van der Waals surface area (Å²) in [6, 6.07) is 8.03. The maximum absolute atomic E-state index is 12.2. The SMILES string of the molecule is CCSc1ccc(C(=O)CCN2CCN(C)CC2)cc1. The van der Waals surface area contributed by atoms with E-state index in [1.165, 1.54) is 4.90 Å². The van der Waals surface area contributed by atoms with Crippen LogP contribution in [0.4, 0.5) is 0 Å². The Labute approximate surface area is 126 Å². The smallest absolute Gasteiger partial charge is 0.164 e. The molecule has 0 aromatic heterocycles. The predicted molar refractivity (Wildman–Crippen MR) is 85.7 cm³/mol. The quantitative estimate of drug-likeness (QED) is 0.594. The molecule has 0 N–H and O–H groups in total. The predicted octanol–water partition coefficient (Wildman–Crippen LogP) is 2.62. The maximum Gasteiger partial charge on any atom is 0.164 e. The first-order valence-electron chi connectivity index (χ1n) is 7.36. The van der Waals surface area contributed by atoms with Gasteiger partial charge in [0.2, 0.25) is 0 Å². The topological polar surface area (TPSA) is 23.6 Å². The van der Waals surface area contributed by atoms with Gasteiger partial charge in [-0.25, -0.2) is 0 Å². The van der Waals surface area contributed by atoms with Crippen molar-refractivity contribution in [3.63, 3.8) is 0 Å². The third-order valence-electron chi connectivity index (χ3n) is 3.74. The Bertz CT molecular complexity index is 425. The number of piperazine rings is 1. The number of benzene rings is 1. The molecule has 1 fully saturated rings. The fraction of sp³-hybridized carbons (Fsp3) is 0.562. The first-order valence-corrected chi connectivity index (χ1v) is 8.34. The summed E-state index contributed by atoms with van der Waals surface area (Å²) in [7, 11) is 2.15. The van der Waals surface area contributed by atoms with Gasteiger partial charge in [-0.3, -0.25) is 4.79 Å². The van der Waals surface area contributed by atoms with Crippen molar-refractivity contribution in [3.8, 4) is 0 Å². The number of rotatable bonds is 6. The Kier molecular flexibility index (Phi) is 6.07. The largest absolute Gasteiger partial charge is 0.304 e. The lowest BCUT2D eigenvalue weighted by Gasteiger charge is -2.32. The van der Waals surface area contributed by atoms with Gasteiger partial charge in [0.05, 0.1) is 0 Å². The van der Waals surface area contributed by atoms with Gasteiger partial charge in [0.25, 0.3) is 0 Å². The Morgan fingerprint density at radius 2 is 1.80 bits per heavy atom. The molecule has 20 heavy (non-hydrogen) atoms. The standard InChI is InChI=1S/C16H24N2OS/c1-3-20-15-6-4-14(5-7-15)16(19)8-9-18-12-10-17(2)11-13-18/h4-7H,3,8-13H2,1-2H3. The van der Waals surface area contributed by atoms with E-state index in [0.29, 0.717) is 6.42 Å². The van der Waals surface area contributed by atoms with Gasteiger partial charge >= 0.3 is 0 Å². The van der Waals surface area contributed by atoms with Gasteiger partial charge in [-0.2, -0.15) is 0 Å². The molecule has 1 saturated heterocycles. The zero-order valence-electron chi connectivity index (χ0n) is 12.5. The van der Waals surface area contributed by atoms with Crippen LogP contribution in [-0.4, -0.2) is 61.1 Å². The van der Waals surface area contributed by atoms with Crippen LogP contribution in [0.25, 0.3) is 0 Å². The highest BCUT2D eigenvalue weighted by atomic mass is 32.2. The molecule has 0 radical (unpaired) electrons. The highest BCUT2D eigenvalue weighted by molar-refractivity contribution is 7.99. The van der Waals surface area contributed by atoms with Gasteiger partial charge in [-0.05, 0) is 24.9 Å². The monoisotopic (exact) mass is 292 g/mol. The van der Waals surface area contributed by atoms with E-state index in [2.05, 4.69) is 35.9 Å². The molecule has 0 aliphatic carbocycles. The van der Waals surface area contributed by atoms with Crippen molar-refractivity contribution in [1.82, 2.24) is 9.80 Å². The molecule has 0 bridgehead atoms. The third kappa shape index (κ3) is 4.62. The molecule has 4 heteroatoms. The number of carbonyl (C=O) groups is 1. The van der Waals surface area contributed by atoms with Crippen LogP contribution in [-0.2, 0) is 0 Å². The summed E-state index contributed by atoms with van der Waals surface area (Å²) in [6.07, 6.45) is 0.629. The van der Waals surface area contributed by atoms with E-state index in [1.807, 2.05) is 23.9 Å². The minimum Gasteiger partial charge on any atom is -0.304 e. The minimum absolute atomic E-state index is 0.261. The van der Waals surface area contributed by atoms with E-state index in [0.717, 1.165) is 44.0 Å². The lowest BCUT2D eigenvalue weighted by Crippen LogP contribution is -2.45. The van der Waals surface area contributed by atoms with Crippen molar-refractivity contribution in [1.29, 1.82) is 0 Å². The van der Waals surface area contributed by atoms with Crippen molar-refractivity contribution in [2.45, 2.75) is 18.2 Å². The number of ketones is 1. The van der Waals surface area contributed by atoms with Crippen LogP contribution in [0.1, 0.15) is 23.7 Å². The number of hydrogen-bond donors (Lipinski definition) is 0. The van der Waals surface area contributed by atoms with Crippen molar-refractivity contribution in [2.24, 2.45) is 0 Å². The van der Waals surface area contributed by atoms with Crippen LogP contribution in [0.15, 0.2) is 29.2 Å². The summed E-state index contributed by atoms with van der Waals surface area (Å²) < 4.78 is 0. The van der Waals surface area contributed by atoms with Crippen LogP contribution in [0.2, 0.25) is 0 Å². The molecule has 2 rings (SSSR count). The number of thioether (sulfide) groups is 1. The summed E-state index contributed by atoms with van der Waals surface area (Å²) in [4.78, 5) is 18.1. The van der Waals surface area contributed by atoms with Gasteiger partial charge in [-0.1, -0.05) is 19.1 Å². The van der Waals surface area contributed by atoms with E-state index in [9.17, 15) is 4.79 Å². The highest BCUT2D eigenvalue weighted by Crippen LogP contribution is 2.18. The highest BCUT2D eigenvalue weighted by Gasteiger charge is 2.15. The minimum atomic E-state index is 0.261. The normalized spacial score (nSPS) is 17.3. The number of Topliss-reactive ketones (excluding diaryl/α,β-unsaturated/α-hetero) is 1. The second kappa shape index (κ2) is 7.81. The molecule has 0 spiro atoms. The van der Waals surface area contributed by atoms with E-state index in [4.69, 9.17) is 0 Å². The average Bonchev–Trinajstić information content (AvgIpc) is 2.47. The zero-order valence-corrected chi connectivity index (χ0v) is 13.3. The van der Waals surface area contributed by atoms with Crippen LogP contribution < -0.4 is 0 Å². The Balaban J connectivity index is 1.79. The number of nitrogens with zero attached hydrogens (tertiary/aromatic N) is 2. The summed E-state index contributed by atoms with van der Waals surface area (Å²) in [6.45, 7) is 7.40. The number of hydrogen-bond acceptors (Lipinski definition) is 4. The number of carbonyl (C=O) groups excluding carboxylic acids is 1. The Hall–Kier alpha value is -0.840. The van der Waals surface area contributed by atoms with Crippen molar-refractivity contribution >= 4 is 17.5 Å². The molecule has 0 atom stereocenters. The van der Waals surface area contributed by atoms with Gasteiger partial charge < -0.3 is 9.80 Å². The lowest BCUT2D eigenvalue weighted by atomic mass is 10.1. The van der Waals surface area contributed by atoms with E-state index >= 15 is 0 Å². The zero-order chi connectivity index (χ0) is 14.4. The van der Waals surface area contributed by atoms with Crippen LogP contribution >= 0.6 is 11.8 Å². The molecule has 1 aromatic rings. The average molecular weight is 292 g/mol. The van der Waals surface area contributed by atoms with Crippen molar-refractivity contribution < 1.29 is 4.79 Å². The molecule has 0 unspecified atom stereocenters. The van der Waals surface area contributed by atoms with Gasteiger partial charge in [-0.15, -0.1) is 11.8 Å². The van der Waals surface area contributed by atoms with E-state index in [-0.39, 0.29) is 5.78 Å². The summed E-state index contributed by atoms with van der Waals surface area (Å²) in [5.74, 6) is 1.33. The fourth-order valence-electron chi connectivity index (χ4n) is 2.38. The molecular weight excluding hydrogens is 268 g/mol. The maximum atomic E-state index is 12.2. The van der Waals surface area contributed by atoms with Crippen LogP contribution in [0, 0.1) is 0 Å². The Morgan fingerprint density at radius 3 is 2.40 bits per heavy atom. The molecule has 1 aliphatic rings. The molecule has 1 aliphatic heterocycles.